The maximum absolute atomic E-state index is 15.4. The number of aromatic amines is 1. The van der Waals surface area contributed by atoms with Crippen molar-refractivity contribution in [2.45, 2.75) is 12.8 Å². The highest BCUT2D eigenvalue weighted by molar-refractivity contribution is 6.33. The van der Waals surface area contributed by atoms with E-state index in [0.29, 0.717) is 31.5 Å². The van der Waals surface area contributed by atoms with E-state index in [4.69, 9.17) is 16.9 Å². The molecule has 1 aromatic carbocycles. The van der Waals surface area contributed by atoms with Crippen LogP contribution >= 0.6 is 11.6 Å². The number of pyridine rings is 2. The number of rotatable bonds is 3. The van der Waals surface area contributed by atoms with Gasteiger partial charge >= 0.3 is 0 Å². The molecule has 3 aromatic rings. The summed E-state index contributed by atoms with van der Waals surface area (Å²) in [7, 11) is 3.36. The number of piperidine rings is 1. The molecule has 1 saturated heterocycles. The number of fused-ring (bicyclic) bond motifs is 1. The number of aromatic nitrogens is 2. The molecule has 170 valence electrons. The Bertz CT molecular complexity index is 1360. The lowest BCUT2D eigenvalue weighted by molar-refractivity contribution is -0.133. The van der Waals surface area contributed by atoms with Gasteiger partial charge in [-0.25, -0.2) is 13.8 Å². The molecule has 0 saturated carbocycles. The van der Waals surface area contributed by atoms with Crippen LogP contribution in [0.5, 0.6) is 0 Å². The smallest absolute Gasteiger partial charge is 0.225 e. The van der Waals surface area contributed by atoms with Gasteiger partial charge in [0.25, 0.3) is 0 Å². The average Bonchev–Trinajstić information content (AvgIpc) is 2.78. The summed E-state index contributed by atoms with van der Waals surface area (Å²) in [6.45, 7) is 0.590. The maximum atomic E-state index is 15.4. The van der Waals surface area contributed by atoms with Gasteiger partial charge in [0.1, 0.15) is 17.5 Å². The monoisotopic (exact) mass is 471 g/mol. The molecule has 4 rings (SSSR count). The third kappa shape index (κ3) is 4.14. The molecule has 1 amide bonds. The molecule has 1 aliphatic rings. The van der Waals surface area contributed by atoms with Crippen molar-refractivity contribution in [3.05, 3.63) is 57.0 Å². The standard InChI is InChI=1S/C23H20ClF2N5O2/c1-30(2)23(33)12-3-5-31(6-4-12)22-16(25)8-18-20(21(22)26)19(32)9-17(29-18)14-7-13(10-27)28-11-15(14)24/h7-9,11-12H,3-6H2,1-2H3,(H,29,32). The van der Waals surface area contributed by atoms with Crippen molar-refractivity contribution in [1.29, 1.82) is 5.26 Å². The van der Waals surface area contributed by atoms with Crippen LogP contribution in [-0.4, -0.2) is 48.0 Å². The molecule has 0 bridgehead atoms. The molecule has 0 radical (unpaired) electrons. The van der Waals surface area contributed by atoms with Crippen LogP contribution < -0.4 is 10.3 Å². The molecule has 33 heavy (non-hydrogen) atoms. The SMILES string of the molecule is CN(C)C(=O)C1CCN(c2c(F)cc3[nH]c(-c4cc(C#N)ncc4Cl)cc(=O)c3c2F)CC1. The van der Waals surface area contributed by atoms with Crippen molar-refractivity contribution < 1.29 is 13.6 Å². The molecule has 2 aromatic heterocycles. The number of benzene rings is 1. The number of halogens is 3. The van der Waals surface area contributed by atoms with E-state index in [0.717, 1.165) is 12.1 Å². The Kier molecular flexibility index (Phi) is 6.04. The Hall–Kier alpha value is -3.51. The van der Waals surface area contributed by atoms with Crippen LogP contribution in [0.15, 0.2) is 29.2 Å². The first-order valence-corrected chi connectivity index (χ1v) is 10.7. The lowest BCUT2D eigenvalue weighted by Crippen LogP contribution is -2.40. The van der Waals surface area contributed by atoms with Crippen LogP contribution in [0.25, 0.3) is 22.2 Å². The minimum absolute atomic E-state index is 0.00703. The summed E-state index contributed by atoms with van der Waals surface area (Å²) in [5.41, 5.74) is -0.336. The number of H-pyrrole nitrogens is 1. The van der Waals surface area contributed by atoms with Crippen molar-refractivity contribution in [1.82, 2.24) is 14.9 Å². The molecule has 10 heteroatoms. The van der Waals surface area contributed by atoms with Crippen molar-refractivity contribution in [2.24, 2.45) is 5.92 Å². The Labute approximate surface area is 193 Å². The fourth-order valence-electron chi connectivity index (χ4n) is 4.19. The highest BCUT2D eigenvalue weighted by Crippen LogP contribution is 2.33. The van der Waals surface area contributed by atoms with Gasteiger partial charge in [0.15, 0.2) is 17.1 Å². The first kappa shape index (κ1) is 22.7. The van der Waals surface area contributed by atoms with Crippen LogP contribution in [0.2, 0.25) is 5.02 Å². The number of carbonyl (C=O) groups is 1. The van der Waals surface area contributed by atoms with E-state index >= 15 is 8.78 Å². The minimum atomic E-state index is -0.950. The average molecular weight is 472 g/mol. The zero-order chi connectivity index (χ0) is 23.9. The number of nitriles is 1. The van der Waals surface area contributed by atoms with E-state index < -0.39 is 17.1 Å². The molecule has 0 spiro atoms. The second-order valence-electron chi connectivity index (χ2n) is 8.15. The van der Waals surface area contributed by atoms with Gasteiger partial charge in [-0.15, -0.1) is 0 Å². The Morgan fingerprint density at radius 2 is 1.97 bits per heavy atom. The van der Waals surface area contributed by atoms with Crippen LogP contribution in [0, 0.1) is 28.9 Å². The van der Waals surface area contributed by atoms with Gasteiger partial charge in [-0.2, -0.15) is 5.26 Å². The first-order valence-electron chi connectivity index (χ1n) is 10.3. The lowest BCUT2D eigenvalue weighted by Gasteiger charge is -2.34. The van der Waals surface area contributed by atoms with Crippen LogP contribution in [-0.2, 0) is 4.79 Å². The van der Waals surface area contributed by atoms with Gasteiger partial charge in [0, 0.05) is 57.0 Å². The van der Waals surface area contributed by atoms with E-state index in [1.165, 1.54) is 22.1 Å². The van der Waals surface area contributed by atoms with Gasteiger partial charge in [0.2, 0.25) is 5.91 Å². The molecule has 0 atom stereocenters. The number of amides is 1. The number of nitrogens with one attached hydrogen (secondary N) is 1. The third-order valence-corrected chi connectivity index (χ3v) is 6.15. The topological polar surface area (TPSA) is 93.1 Å². The normalized spacial score (nSPS) is 14.4. The Morgan fingerprint density at radius 3 is 2.61 bits per heavy atom. The van der Waals surface area contributed by atoms with Crippen molar-refractivity contribution in [3.8, 4) is 17.3 Å². The molecule has 1 aliphatic heterocycles. The van der Waals surface area contributed by atoms with Crippen LogP contribution in [0.1, 0.15) is 18.5 Å². The summed E-state index contributed by atoms with van der Waals surface area (Å²) in [5, 5.41) is 8.98. The highest BCUT2D eigenvalue weighted by Gasteiger charge is 2.30. The quantitative estimate of drug-likeness (QED) is 0.628. The predicted molar refractivity (Wildman–Crippen MR) is 121 cm³/mol. The second kappa shape index (κ2) is 8.79. The molecular weight excluding hydrogens is 452 g/mol. The third-order valence-electron chi connectivity index (χ3n) is 5.85. The molecule has 1 N–H and O–H groups in total. The number of anilines is 1. The van der Waals surface area contributed by atoms with Gasteiger partial charge in [-0.1, -0.05) is 11.6 Å². The number of carbonyl (C=O) groups excluding carboxylic acids is 1. The Morgan fingerprint density at radius 1 is 1.27 bits per heavy atom. The number of hydrogen-bond acceptors (Lipinski definition) is 5. The zero-order valence-corrected chi connectivity index (χ0v) is 18.7. The number of nitrogens with zero attached hydrogens (tertiary/aromatic N) is 4. The van der Waals surface area contributed by atoms with Crippen molar-refractivity contribution >= 4 is 34.1 Å². The molecule has 0 unspecified atom stereocenters. The first-order chi connectivity index (χ1) is 15.7. The largest absolute Gasteiger partial charge is 0.367 e. The van der Waals surface area contributed by atoms with E-state index in [2.05, 4.69) is 9.97 Å². The molecule has 7 nitrogen and oxygen atoms in total. The van der Waals surface area contributed by atoms with Gasteiger partial charge in [0.05, 0.1) is 21.6 Å². The summed E-state index contributed by atoms with van der Waals surface area (Å²) < 4.78 is 30.5. The van der Waals surface area contributed by atoms with Crippen molar-refractivity contribution in [2.75, 3.05) is 32.1 Å². The fourth-order valence-corrected chi connectivity index (χ4v) is 4.39. The molecule has 1 fully saturated rings. The van der Waals surface area contributed by atoms with Crippen molar-refractivity contribution in [3.63, 3.8) is 0 Å². The number of hydrogen-bond donors (Lipinski definition) is 1. The van der Waals surface area contributed by atoms with E-state index in [-0.39, 0.29) is 44.8 Å². The molecule has 0 aliphatic carbocycles. The zero-order valence-electron chi connectivity index (χ0n) is 18.0. The molecular formula is C23H20ClF2N5O2. The second-order valence-corrected chi connectivity index (χ2v) is 8.55. The van der Waals surface area contributed by atoms with Crippen LogP contribution in [0.4, 0.5) is 14.5 Å². The van der Waals surface area contributed by atoms with Gasteiger partial charge < -0.3 is 14.8 Å². The van der Waals surface area contributed by atoms with Crippen LogP contribution in [0.3, 0.4) is 0 Å². The predicted octanol–water partition coefficient (Wildman–Crippen LogP) is 3.70. The van der Waals surface area contributed by atoms with Gasteiger partial charge in [-0.3, -0.25) is 9.59 Å². The summed E-state index contributed by atoms with van der Waals surface area (Å²) in [6, 6.07) is 5.52. The summed E-state index contributed by atoms with van der Waals surface area (Å²) in [4.78, 5) is 34.8. The van der Waals surface area contributed by atoms with E-state index in [1.807, 2.05) is 6.07 Å². The van der Waals surface area contributed by atoms with E-state index in [9.17, 15) is 9.59 Å². The summed E-state index contributed by atoms with van der Waals surface area (Å²) in [5.74, 6) is -1.97. The van der Waals surface area contributed by atoms with Gasteiger partial charge in [-0.05, 0) is 18.9 Å². The van der Waals surface area contributed by atoms with E-state index in [1.54, 1.807) is 14.1 Å². The molecule has 3 heterocycles. The fraction of sp³-hybridized carbons (Fsp3) is 0.304. The lowest BCUT2D eigenvalue weighted by atomic mass is 9.95. The minimum Gasteiger partial charge on any atom is -0.367 e. The Balaban J connectivity index is 1.74. The summed E-state index contributed by atoms with van der Waals surface area (Å²) >= 11 is 6.16. The summed E-state index contributed by atoms with van der Waals surface area (Å²) in [6.07, 6.45) is 2.20. The maximum Gasteiger partial charge on any atom is 0.225 e. The highest BCUT2D eigenvalue weighted by atomic mass is 35.5.